The Morgan fingerprint density at radius 3 is 2.90 bits per heavy atom. The summed E-state index contributed by atoms with van der Waals surface area (Å²) in [5.41, 5.74) is 1.91. The Morgan fingerprint density at radius 2 is 2.24 bits per heavy atom. The molecule has 1 heterocycles. The first-order valence-electron chi connectivity index (χ1n) is 6.05. The third-order valence-electron chi connectivity index (χ3n) is 2.63. The SMILES string of the molecule is Cc1cc(NCc2cn(CC(=O)O)nn2)cc([N+](=O)[O-])c1. The minimum absolute atomic E-state index is 0.00651. The first kappa shape index (κ1) is 14.4. The van der Waals surface area contributed by atoms with E-state index in [9.17, 15) is 14.9 Å². The van der Waals surface area contributed by atoms with Crippen molar-refractivity contribution in [3.8, 4) is 0 Å². The van der Waals surface area contributed by atoms with Crippen molar-refractivity contribution in [2.45, 2.75) is 20.0 Å². The maximum absolute atomic E-state index is 10.8. The van der Waals surface area contributed by atoms with Crippen LogP contribution >= 0.6 is 0 Å². The molecule has 2 N–H and O–H groups in total. The van der Waals surface area contributed by atoms with E-state index in [1.807, 2.05) is 0 Å². The van der Waals surface area contributed by atoms with Crippen LogP contribution in [0.3, 0.4) is 0 Å². The molecular formula is C12H13N5O4. The molecule has 0 saturated carbocycles. The largest absolute Gasteiger partial charge is 0.480 e. The molecule has 9 nitrogen and oxygen atoms in total. The highest BCUT2D eigenvalue weighted by atomic mass is 16.6. The number of non-ortho nitro benzene ring substituents is 1. The van der Waals surface area contributed by atoms with E-state index in [0.717, 1.165) is 5.56 Å². The van der Waals surface area contributed by atoms with Gasteiger partial charge in [0.25, 0.3) is 5.69 Å². The molecule has 0 aliphatic heterocycles. The molecule has 110 valence electrons. The fourth-order valence-corrected chi connectivity index (χ4v) is 1.80. The van der Waals surface area contributed by atoms with Crippen molar-refractivity contribution < 1.29 is 14.8 Å². The number of rotatable bonds is 6. The monoisotopic (exact) mass is 291 g/mol. The maximum atomic E-state index is 10.8. The Labute approximate surface area is 119 Å². The standard InChI is InChI=1S/C12H13N5O4/c1-8-2-9(4-11(3-8)17(20)21)13-5-10-6-16(15-14-10)7-12(18)19/h2-4,6,13H,5,7H2,1H3,(H,18,19). The van der Waals surface area contributed by atoms with Crippen LogP contribution < -0.4 is 5.32 Å². The second-order valence-electron chi connectivity index (χ2n) is 4.47. The van der Waals surface area contributed by atoms with Gasteiger partial charge in [-0.2, -0.15) is 0 Å². The molecule has 0 amide bonds. The van der Waals surface area contributed by atoms with Gasteiger partial charge in [-0.15, -0.1) is 5.10 Å². The summed E-state index contributed by atoms with van der Waals surface area (Å²) in [4.78, 5) is 20.9. The number of aryl methyl sites for hydroxylation is 1. The molecule has 9 heteroatoms. The van der Waals surface area contributed by atoms with Crippen LogP contribution in [0, 0.1) is 17.0 Å². The van der Waals surface area contributed by atoms with Crippen LogP contribution in [0.2, 0.25) is 0 Å². The fraction of sp³-hybridized carbons (Fsp3) is 0.250. The van der Waals surface area contributed by atoms with E-state index >= 15 is 0 Å². The molecule has 0 radical (unpaired) electrons. The average molecular weight is 291 g/mol. The molecule has 0 spiro atoms. The number of aromatic nitrogens is 3. The number of nitro benzene ring substituents is 1. The highest BCUT2D eigenvalue weighted by Crippen LogP contribution is 2.20. The molecule has 0 aliphatic rings. The smallest absolute Gasteiger partial charge is 0.325 e. The van der Waals surface area contributed by atoms with Crippen molar-refractivity contribution in [2.24, 2.45) is 0 Å². The van der Waals surface area contributed by atoms with E-state index in [4.69, 9.17) is 5.11 Å². The van der Waals surface area contributed by atoms with Gasteiger partial charge in [-0.25, -0.2) is 4.68 Å². The molecule has 1 aromatic heterocycles. The summed E-state index contributed by atoms with van der Waals surface area (Å²) in [5.74, 6) is -1.01. The Bertz CT molecular complexity index is 682. The molecule has 0 saturated heterocycles. The van der Waals surface area contributed by atoms with E-state index in [2.05, 4.69) is 15.6 Å². The first-order valence-corrected chi connectivity index (χ1v) is 6.05. The van der Waals surface area contributed by atoms with Crippen LogP contribution in [-0.2, 0) is 17.9 Å². The molecular weight excluding hydrogens is 278 g/mol. The van der Waals surface area contributed by atoms with Crippen LogP contribution in [-0.4, -0.2) is 31.0 Å². The van der Waals surface area contributed by atoms with Crippen LogP contribution in [0.5, 0.6) is 0 Å². The molecule has 2 aromatic rings. The van der Waals surface area contributed by atoms with Crippen LogP contribution in [0.15, 0.2) is 24.4 Å². The van der Waals surface area contributed by atoms with Gasteiger partial charge < -0.3 is 10.4 Å². The Kier molecular flexibility index (Phi) is 4.12. The summed E-state index contributed by atoms with van der Waals surface area (Å²) in [6.07, 6.45) is 1.51. The first-order chi connectivity index (χ1) is 9.94. The zero-order valence-electron chi connectivity index (χ0n) is 11.2. The number of carboxylic acids is 1. The number of carboxylic acid groups (broad SMARTS) is 1. The summed E-state index contributed by atoms with van der Waals surface area (Å²) in [6.45, 7) is 1.80. The van der Waals surface area contributed by atoms with E-state index in [-0.39, 0.29) is 12.2 Å². The number of nitrogens with one attached hydrogen (secondary N) is 1. The Morgan fingerprint density at radius 1 is 1.48 bits per heavy atom. The number of carbonyl (C=O) groups is 1. The van der Waals surface area contributed by atoms with Crippen molar-refractivity contribution in [1.29, 1.82) is 0 Å². The lowest BCUT2D eigenvalue weighted by Gasteiger charge is -2.05. The van der Waals surface area contributed by atoms with E-state index < -0.39 is 10.9 Å². The molecule has 0 unspecified atom stereocenters. The average Bonchev–Trinajstić information content (AvgIpc) is 2.82. The normalized spacial score (nSPS) is 10.3. The minimum atomic E-state index is -1.01. The molecule has 2 rings (SSSR count). The zero-order chi connectivity index (χ0) is 15.4. The number of nitro groups is 1. The number of anilines is 1. The van der Waals surface area contributed by atoms with Crippen molar-refractivity contribution in [2.75, 3.05) is 5.32 Å². The van der Waals surface area contributed by atoms with Crippen molar-refractivity contribution >= 4 is 17.3 Å². The summed E-state index contributed by atoms with van der Waals surface area (Å²) < 4.78 is 1.21. The van der Waals surface area contributed by atoms with Crippen LogP contribution in [0.4, 0.5) is 11.4 Å². The van der Waals surface area contributed by atoms with Crippen molar-refractivity contribution in [3.63, 3.8) is 0 Å². The fourth-order valence-electron chi connectivity index (χ4n) is 1.80. The highest BCUT2D eigenvalue weighted by Gasteiger charge is 2.09. The van der Waals surface area contributed by atoms with Gasteiger partial charge in [0.05, 0.1) is 17.7 Å². The van der Waals surface area contributed by atoms with Crippen molar-refractivity contribution in [3.05, 3.63) is 45.8 Å². The summed E-state index contributed by atoms with van der Waals surface area (Å²) in [5, 5.41) is 29.9. The molecule has 0 aliphatic carbocycles. The molecule has 0 fully saturated rings. The maximum Gasteiger partial charge on any atom is 0.325 e. The topological polar surface area (TPSA) is 123 Å². The quantitative estimate of drug-likeness (QED) is 0.605. The van der Waals surface area contributed by atoms with E-state index in [0.29, 0.717) is 17.9 Å². The lowest BCUT2D eigenvalue weighted by atomic mass is 10.2. The molecule has 21 heavy (non-hydrogen) atoms. The number of aliphatic carboxylic acids is 1. The Balaban J connectivity index is 2.04. The molecule has 1 aromatic carbocycles. The Hall–Kier alpha value is -2.97. The lowest BCUT2D eigenvalue weighted by molar-refractivity contribution is -0.384. The molecule has 0 atom stereocenters. The summed E-state index contributed by atoms with van der Waals surface area (Å²) in [7, 11) is 0. The summed E-state index contributed by atoms with van der Waals surface area (Å²) >= 11 is 0. The second-order valence-corrected chi connectivity index (χ2v) is 4.47. The van der Waals surface area contributed by atoms with Gasteiger partial charge >= 0.3 is 5.97 Å². The third-order valence-corrected chi connectivity index (χ3v) is 2.63. The van der Waals surface area contributed by atoms with Gasteiger partial charge in [0.15, 0.2) is 0 Å². The van der Waals surface area contributed by atoms with Crippen LogP contribution in [0.1, 0.15) is 11.3 Å². The number of hydrogen-bond acceptors (Lipinski definition) is 6. The zero-order valence-corrected chi connectivity index (χ0v) is 11.2. The lowest BCUT2D eigenvalue weighted by Crippen LogP contribution is -2.09. The van der Waals surface area contributed by atoms with Gasteiger partial charge in [-0.1, -0.05) is 5.21 Å². The number of benzene rings is 1. The van der Waals surface area contributed by atoms with E-state index in [1.165, 1.54) is 23.0 Å². The van der Waals surface area contributed by atoms with E-state index in [1.54, 1.807) is 13.0 Å². The van der Waals surface area contributed by atoms with Gasteiger partial charge in [-0.05, 0) is 18.6 Å². The predicted molar refractivity (Wildman–Crippen MR) is 72.8 cm³/mol. The molecule has 0 bridgehead atoms. The van der Waals surface area contributed by atoms with Gasteiger partial charge in [0.2, 0.25) is 0 Å². The third kappa shape index (κ3) is 4.00. The van der Waals surface area contributed by atoms with Gasteiger partial charge in [0, 0.05) is 17.8 Å². The number of nitrogens with zero attached hydrogens (tertiary/aromatic N) is 4. The van der Waals surface area contributed by atoms with Gasteiger partial charge in [-0.3, -0.25) is 14.9 Å². The highest BCUT2D eigenvalue weighted by molar-refractivity contribution is 5.66. The van der Waals surface area contributed by atoms with Gasteiger partial charge in [0.1, 0.15) is 12.2 Å². The minimum Gasteiger partial charge on any atom is -0.480 e. The summed E-state index contributed by atoms with van der Waals surface area (Å²) in [6, 6.07) is 4.68. The van der Waals surface area contributed by atoms with Crippen LogP contribution in [0.25, 0.3) is 0 Å². The number of hydrogen-bond donors (Lipinski definition) is 2. The van der Waals surface area contributed by atoms with Crippen molar-refractivity contribution in [1.82, 2.24) is 15.0 Å². The second kappa shape index (κ2) is 5.99. The predicted octanol–water partition coefficient (Wildman–Crippen LogP) is 1.19.